The fourth-order valence-electron chi connectivity index (χ4n) is 3.18. The second kappa shape index (κ2) is 7.18. The standard InChI is InChI=1S/C20H21ClN2O/c1-3-13(4-2)19-20(24)22-17-11-10-15(21)12-16(17)18(23-19)14-8-6-5-7-9-14/h5-13,19H,3-4H2,1-2H3,(H,22,24). The van der Waals surface area contributed by atoms with Crippen LogP contribution in [0.4, 0.5) is 5.69 Å². The van der Waals surface area contributed by atoms with Crippen molar-refractivity contribution in [2.24, 2.45) is 10.9 Å². The lowest BCUT2D eigenvalue weighted by atomic mass is 9.93. The lowest BCUT2D eigenvalue weighted by molar-refractivity contribution is -0.118. The summed E-state index contributed by atoms with van der Waals surface area (Å²) in [5.41, 5.74) is 3.45. The Bertz CT molecular complexity index is 766. The lowest BCUT2D eigenvalue weighted by Gasteiger charge is -2.20. The van der Waals surface area contributed by atoms with Crippen molar-refractivity contribution in [1.82, 2.24) is 0 Å². The molecule has 0 fully saturated rings. The molecule has 0 saturated heterocycles. The average Bonchev–Trinajstić information content (AvgIpc) is 2.74. The van der Waals surface area contributed by atoms with Gasteiger partial charge in [0.1, 0.15) is 6.04 Å². The fourth-order valence-corrected chi connectivity index (χ4v) is 3.35. The van der Waals surface area contributed by atoms with Crippen LogP contribution in [0, 0.1) is 5.92 Å². The molecular formula is C20H21ClN2O. The Morgan fingerprint density at radius 3 is 2.50 bits per heavy atom. The zero-order valence-electron chi connectivity index (χ0n) is 13.9. The molecule has 4 heteroatoms. The van der Waals surface area contributed by atoms with Crippen molar-refractivity contribution in [2.45, 2.75) is 32.7 Å². The number of anilines is 1. The number of halogens is 1. The van der Waals surface area contributed by atoms with Gasteiger partial charge in [0.05, 0.1) is 11.4 Å². The van der Waals surface area contributed by atoms with Crippen molar-refractivity contribution in [2.75, 3.05) is 5.32 Å². The Labute approximate surface area is 147 Å². The number of hydrogen-bond acceptors (Lipinski definition) is 2. The molecule has 0 saturated carbocycles. The third kappa shape index (κ3) is 3.22. The first-order chi connectivity index (χ1) is 11.6. The van der Waals surface area contributed by atoms with E-state index < -0.39 is 0 Å². The van der Waals surface area contributed by atoms with Crippen LogP contribution < -0.4 is 5.32 Å². The first-order valence-corrected chi connectivity index (χ1v) is 8.75. The van der Waals surface area contributed by atoms with E-state index in [-0.39, 0.29) is 17.9 Å². The number of nitrogens with zero attached hydrogens (tertiary/aromatic N) is 1. The Balaban J connectivity index is 2.20. The van der Waals surface area contributed by atoms with E-state index in [9.17, 15) is 4.79 Å². The zero-order chi connectivity index (χ0) is 17.1. The molecule has 0 aromatic heterocycles. The monoisotopic (exact) mass is 340 g/mol. The molecule has 124 valence electrons. The van der Waals surface area contributed by atoms with Crippen molar-refractivity contribution in [3.05, 3.63) is 64.7 Å². The van der Waals surface area contributed by atoms with Gasteiger partial charge in [-0.05, 0) is 24.1 Å². The maximum atomic E-state index is 12.7. The van der Waals surface area contributed by atoms with E-state index in [4.69, 9.17) is 16.6 Å². The predicted octanol–water partition coefficient (Wildman–Crippen LogP) is 4.93. The Kier molecular flexibility index (Phi) is 5.00. The van der Waals surface area contributed by atoms with Gasteiger partial charge in [0.25, 0.3) is 0 Å². The SMILES string of the molecule is CCC(CC)C1N=C(c2ccccc2)c2cc(Cl)ccc2NC1=O. The number of nitrogens with one attached hydrogen (secondary N) is 1. The van der Waals surface area contributed by atoms with Crippen LogP contribution in [0.15, 0.2) is 53.5 Å². The van der Waals surface area contributed by atoms with Crippen LogP contribution in [-0.2, 0) is 4.79 Å². The molecule has 2 aromatic rings. The van der Waals surface area contributed by atoms with Crippen LogP contribution >= 0.6 is 11.6 Å². The van der Waals surface area contributed by atoms with Gasteiger partial charge in [0, 0.05) is 16.1 Å². The summed E-state index contributed by atoms with van der Waals surface area (Å²) in [6, 6.07) is 15.1. The number of rotatable bonds is 4. The van der Waals surface area contributed by atoms with Gasteiger partial charge < -0.3 is 5.32 Å². The molecule has 1 atom stereocenters. The second-order valence-corrected chi connectivity index (χ2v) is 6.48. The van der Waals surface area contributed by atoms with Crippen molar-refractivity contribution in [1.29, 1.82) is 0 Å². The minimum atomic E-state index is -0.388. The summed E-state index contributed by atoms with van der Waals surface area (Å²) in [6.07, 6.45) is 1.83. The van der Waals surface area contributed by atoms with Gasteiger partial charge in [0.2, 0.25) is 5.91 Å². The van der Waals surface area contributed by atoms with Crippen molar-refractivity contribution < 1.29 is 4.79 Å². The van der Waals surface area contributed by atoms with E-state index in [0.29, 0.717) is 5.02 Å². The quantitative estimate of drug-likeness (QED) is 0.842. The van der Waals surface area contributed by atoms with Gasteiger partial charge in [-0.15, -0.1) is 0 Å². The molecule has 0 spiro atoms. The van der Waals surface area contributed by atoms with Crippen LogP contribution in [0.5, 0.6) is 0 Å². The summed E-state index contributed by atoms with van der Waals surface area (Å²) in [7, 11) is 0. The molecule has 1 aliphatic heterocycles. The topological polar surface area (TPSA) is 41.5 Å². The number of aliphatic imine (C=N–C) groups is 1. The number of amides is 1. The third-order valence-corrected chi connectivity index (χ3v) is 4.81. The predicted molar refractivity (Wildman–Crippen MR) is 100 cm³/mol. The molecule has 0 aliphatic carbocycles. The molecule has 3 rings (SSSR count). The lowest BCUT2D eigenvalue weighted by Crippen LogP contribution is -2.32. The summed E-state index contributed by atoms with van der Waals surface area (Å²) in [5.74, 6) is 0.173. The third-order valence-electron chi connectivity index (χ3n) is 4.57. The number of carbonyl (C=O) groups is 1. The van der Waals surface area contributed by atoms with Gasteiger partial charge >= 0.3 is 0 Å². The zero-order valence-corrected chi connectivity index (χ0v) is 14.7. The highest BCUT2D eigenvalue weighted by Crippen LogP contribution is 2.30. The number of carbonyl (C=O) groups excluding carboxylic acids is 1. The smallest absolute Gasteiger partial charge is 0.249 e. The van der Waals surface area contributed by atoms with E-state index in [2.05, 4.69) is 19.2 Å². The summed E-state index contributed by atoms with van der Waals surface area (Å²) >= 11 is 6.20. The molecule has 0 radical (unpaired) electrons. The molecule has 1 aliphatic rings. The first-order valence-electron chi connectivity index (χ1n) is 8.38. The molecule has 1 amide bonds. The van der Waals surface area contributed by atoms with Crippen LogP contribution in [0.3, 0.4) is 0 Å². The van der Waals surface area contributed by atoms with E-state index in [1.807, 2.05) is 42.5 Å². The molecule has 24 heavy (non-hydrogen) atoms. The second-order valence-electron chi connectivity index (χ2n) is 6.04. The highest BCUT2D eigenvalue weighted by molar-refractivity contribution is 6.32. The maximum Gasteiger partial charge on any atom is 0.249 e. The fraction of sp³-hybridized carbons (Fsp3) is 0.300. The van der Waals surface area contributed by atoms with Crippen molar-refractivity contribution in [3.8, 4) is 0 Å². The van der Waals surface area contributed by atoms with E-state index in [1.54, 1.807) is 6.07 Å². The Hall–Kier alpha value is -2.13. The van der Waals surface area contributed by atoms with Crippen molar-refractivity contribution in [3.63, 3.8) is 0 Å². The molecule has 1 N–H and O–H groups in total. The highest BCUT2D eigenvalue weighted by Gasteiger charge is 2.30. The molecule has 1 unspecified atom stereocenters. The molecular weight excluding hydrogens is 320 g/mol. The van der Waals surface area contributed by atoms with Gasteiger partial charge in [-0.3, -0.25) is 9.79 Å². The highest BCUT2D eigenvalue weighted by atomic mass is 35.5. The number of fused-ring (bicyclic) bond motifs is 1. The summed E-state index contributed by atoms with van der Waals surface area (Å²) < 4.78 is 0. The summed E-state index contributed by atoms with van der Waals surface area (Å²) in [6.45, 7) is 4.21. The van der Waals surface area contributed by atoms with Crippen molar-refractivity contribution >= 4 is 28.9 Å². The Morgan fingerprint density at radius 2 is 1.83 bits per heavy atom. The molecule has 2 aromatic carbocycles. The number of benzodiazepines with no additional fused rings is 1. The average molecular weight is 341 g/mol. The van der Waals surface area contributed by atoms with E-state index in [1.165, 1.54) is 0 Å². The van der Waals surface area contributed by atoms with Crippen LogP contribution in [0.25, 0.3) is 0 Å². The van der Waals surface area contributed by atoms with Crippen LogP contribution in [0.2, 0.25) is 5.02 Å². The van der Waals surface area contributed by atoms with Crippen LogP contribution in [-0.4, -0.2) is 17.7 Å². The van der Waals surface area contributed by atoms with Gasteiger partial charge in [-0.2, -0.15) is 0 Å². The van der Waals surface area contributed by atoms with Gasteiger partial charge in [0.15, 0.2) is 0 Å². The number of benzene rings is 2. The largest absolute Gasteiger partial charge is 0.324 e. The minimum Gasteiger partial charge on any atom is -0.324 e. The van der Waals surface area contributed by atoms with E-state index in [0.717, 1.165) is 35.4 Å². The molecule has 0 bridgehead atoms. The molecule has 3 nitrogen and oxygen atoms in total. The Morgan fingerprint density at radius 1 is 1.12 bits per heavy atom. The van der Waals surface area contributed by atoms with Gasteiger partial charge in [-0.1, -0.05) is 68.6 Å². The normalized spacial score (nSPS) is 17.1. The summed E-state index contributed by atoms with van der Waals surface area (Å²) in [5, 5.41) is 3.67. The maximum absolute atomic E-state index is 12.7. The minimum absolute atomic E-state index is 0.0433. The number of hydrogen-bond donors (Lipinski definition) is 1. The first kappa shape index (κ1) is 16.7. The molecule has 1 heterocycles. The van der Waals surface area contributed by atoms with E-state index >= 15 is 0 Å². The van der Waals surface area contributed by atoms with Gasteiger partial charge in [-0.25, -0.2) is 0 Å². The summed E-state index contributed by atoms with van der Waals surface area (Å²) in [4.78, 5) is 17.6. The van der Waals surface area contributed by atoms with Crippen LogP contribution in [0.1, 0.15) is 37.8 Å².